The SMILES string of the molecule is Cc1ncccc1C(=O)NC(CN1CC(C)(C)OCC1C(=O)Nc1cc(Cl)cc2c1[nH]c1cnccc12)C(C)C. The van der Waals surface area contributed by atoms with E-state index < -0.39 is 11.6 Å². The molecule has 2 atom stereocenters. The van der Waals surface area contributed by atoms with Gasteiger partial charge in [-0.1, -0.05) is 25.4 Å². The van der Waals surface area contributed by atoms with E-state index in [1.165, 1.54) is 0 Å². The number of aromatic amines is 1. The summed E-state index contributed by atoms with van der Waals surface area (Å²) in [6, 6.07) is 8.31. The highest BCUT2D eigenvalue weighted by Gasteiger charge is 2.39. The molecule has 40 heavy (non-hydrogen) atoms. The lowest BCUT2D eigenvalue weighted by atomic mass is 9.98. The number of ether oxygens (including phenoxy) is 1. The number of nitrogens with zero attached hydrogens (tertiary/aromatic N) is 3. The molecule has 2 unspecified atom stereocenters. The van der Waals surface area contributed by atoms with Crippen molar-refractivity contribution in [3.8, 4) is 0 Å². The Morgan fingerprint density at radius 2 is 2.02 bits per heavy atom. The van der Waals surface area contributed by atoms with Gasteiger partial charge in [0.15, 0.2) is 0 Å². The van der Waals surface area contributed by atoms with Gasteiger partial charge in [0, 0.05) is 53.0 Å². The lowest BCUT2D eigenvalue weighted by molar-refractivity contribution is -0.144. The van der Waals surface area contributed by atoms with Crippen LogP contribution in [-0.2, 0) is 9.53 Å². The fraction of sp³-hybridized carbons (Fsp3) is 0.400. The molecule has 4 aromatic rings. The maximum absolute atomic E-state index is 13.8. The highest BCUT2D eigenvalue weighted by atomic mass is 35.5. The van der Waals surface area contributed by atoms with Crippen molar-refractivity contribution in [2.24, 2.45) is 5.92 Å². The van der Waals surface area contributed by atoms with Crippen LogP contribution in [0.15, 0.2) is 48.9 Å². The third-order valence-electron chi connectivity index (χ3n) is 7.50. The van der Waals surface area contributed by atoms with Gasteiger partial charge in [-0.25, -0.2) is 0 Å². The molecule has 3 aromatic heterocycles. The lowest BCUT2D eigenvalue weighted by Crippen LogP contribution is -2.61. The number of H-pyrrole nitrogens is 1. The topological polar surface area (TPSA) is 112 Å². The first-order valence-electron chi connectivity index (χ1n) is 13.5. The molecule has 10 heteroatoms. The molecule has 9 nitrogen and oxygen atoms in total. The molecule has 2 amide bonds. The molecule has 4 heterocycles. The number of nitrogens with one attached hydrogen (secondary N) is 3. The average Bonchev–Trinajstić information content (AvgIpc) is 3.26. The van der Waals surface area contributed by atoms with Crippen LogP contribution >= 0.6 is 11.6 Å². The van der Waals surface area contributed by atoms with Crippen LogP contribution in [0, 0.1) is 12.8 Å². The van der Waals surface area contributed by atoms with Gasteiger partial charge in [0.05, 0.1) is 40.7 Å². The Hall–Kier alpha value is -3.53. The number of pyridine rings is 2. The van der Waals surface area contributed by atoms with Crippen molar-refractivity contribution < 1.29 is 14.3 Å². The summed E-state index contributed by atoms with van der Waals surface area (Å²) in [5.41, 5.74) is 3.00. The van der Waals surface area contributed by atoms with Crippen LogP contribution in [0.4, 0.5) is 5.69 Å². The van der Waals surface area contributed by atoms with Crippen LogP contribution in [0.25, 0.3) is 21.8 Å². The molecule has 3 N–H and O–H groups in total. The van der Waals surface area contributed by atoms with E-state index in [9.17, 15) is 9.59 Å². The predicted octanol–water partition coefficient (Wildman–Crippen LogP) is 4.95. The zero-order valence-electron chi connectivity index (χ0n) is 23.4. The number of halogens is 1. The first-order valence-corrected chi connectivity index (χ1v) is 13.9. The molecular weight excluding hydrogens is 528 g/mol. The number of anilines is 1. The second kappa shape index (κ2) is 11.2. The molecule has 1 aromatic carbocycles. The number of rotatable bonds is 7. The van der Waals surface area contributed by atoms with Crippen molar-refractivity contribution in [3.63, 3.8) is 0 Å². The Kier molecular flexibility index (Phi) is 7.81. The van der Waals surface area contributed by atoms with Crippen molar-refractivity contribution in [2.75, 3.05) is 25.0 Å². The second-order valence-electron chi connectivity index (χ2n) is 11.4. The summed E-state index contributed by atoms with van der Waals surface area (Å²) in [4.78, 5) is 40.9. The van der Waals surface area contributed by atoms with Crippen LogP contribution in [0.2, 0.25) is 5.02 Å². The van der Waals surface area contributed by atoms with E-state index in [0.717, 1.165) is 21.8 Å². The van der Waals surface area contributed by atoms with Crippen molar-refractivity contribution in [1.29, 1.82) is 0 Å². The van der Waals surface area contributed by atoms with Crippen LogP contribution in [0.3, 0.4) is 0 Å². The summed E-state index contributed by atoms with van der Waals surface area (Å²) in [5.74, 6) is -0.247. The van der Waals surface area contributed by atoms with E-state index in [1.807, 2.05) is 32.9 Å². The molecule has 5 rings (SSSR count). The van der Waals surface area contributed by atoms with Crippen LogP contribution < -0.4 is 10.6 Å². The second-order valence-corrected chi connectivity index (χ2v) is 11.8. The maximum atomic E-state index is 13.8. The zero-order chi connectivity index (χ0) is 28.6. The standard InChI is InChI=1S/C30H35ClN6O3/c1-17(2)25(36-28(38)20-7-6-9-33-18(20)3)14-37-16-30(4,5)40-15-26(37)29(39)35-23-12-19(31)11-22-21-8-10-32-13-24(21)34-27(22)23/h6-13,17,25-26,34H,14-16H2,1-5H3,(H,35,39)(H,36,38). The summed E-state index contributed by atoms with van der Waals surface area (Å²) < 4.78 is 6.09. The number of benzene rings is 1. The van der Waals surface area contributed by atoms with Gasteiger partial charge in [0.25, 0.3) is 5.91 Å². The van der Waals surface area contributed by atoms with Gasteiger partial charge < -0.3 is 20.4 Å². The minimum absolute atomic E-state index is 0.128. The molecule has 0 aliphatic carbocycles. The largest absolute Gasteiger partial charge is 0.372 e. The fourth-order valence-electron chi connectivity index (χ4n) is 5.27. The fourth-order valence-corrected chi connectivity index (χ4v) is 5.48. The molecule has 1 aliphatic rings. The minimum Gasteiger partial charge on any atom is -0.372 e. The number of hydrogen-bond acceptors (Lipinski definition) is 6. The predicted molar refractivity (Wildman–Crippen MR) is 158 cm³/mol. The lowest BCUT2D eigenvalue weighted by Gasteiger charge is -2.44. The van der Waals surface area contributed by atoms with Gasteiger partial charge in [-0.15, -0.1) is 0 Å². The van der Waals surface area contributed by atoms with Gasteiger partial charge in [0.2, 0.25) is 5.91 Å². The molecule has 210 valence electrons. The third kappa shape index (κ3) is 5.82. The Labute approximate surface area is 238 Å². The maximum Gasteiger partial charge on any atom is 0.253 e. The summed E-state index contributed by atoms with van der Waals surface area (Å²) >= 11 is 6.47. The van der Waals surface area contributed by atoms with Gasteiger partial charge in [-0.05, 0) is 57.0 Å². The minimum atomic E-state index is -0.564. The highest BCUT2D eigenvalue weighted by Crippen LogP contribution is 2.33. The molecule has 0 radical (unpaired) electrons. The van der Waals surface area contributed by atoms with Gasteiger partial charge in [-0.3, -0.25) is 24.5 Å². The summed E-state index contributed by atoms with van der Waals surface area (Å²) in [7, 11) is 0. The average molecular weight is 563 g/mol. The Bertz CT molecular complexity index is 1570. The van der Waals surface area contributed by atoms with Crippen LogP contribution in [0.1, 0.15) is 43.7 Å². The quantitative estimate of drug-likeness (QED) is 0.294. The Balaban J connectivity index is 1.40. The van der Waals surface area contributed by atoms with E-state index in [-0.39, 0.29) is 30.4 Å². The molecule has 0 bridgehead atoms. The number of morpholine rings is 1. The molecule has 1 saturated heterocycles. The monoisotopic (exact) mass is 562 g/mol. The summed E-state index contributed by atoms with van der Waals surface area (Å²) in [5, 5.41) is 8.69. The van der Waals surface area contributed by atoms with Crippen molar-refractivity contribution >= 4 is 50.9 Å². The van der Waals surface area contributed by atoms with Crippen molar-refractivity contribution in [1.82, 2.24) is 25.2 Å². The molecular formula is C30H35ClN6O3. The number of fused-ring (bicyclic) bond motifs is 3. The van der Waals surface area contributed by atoms with E-state index in [4.69, 9.17) is 16.3 Å². The summed E-state index contributed by atoms with van der Waals surface area (Å²) in [6.45, 7) is 11.2. The van der Waals surface area contributed by atoms with Crippen LogP contribution in [-0.4, -0.2) is 69.0 Å². The van der Waals surface area contributed by atoms with Gasteiger partial charge in [0.1, 0.15) is 6.04 Å². The number of hydrogen-bond donors (Lipinski definition) is 3. The number of aryl methyl sites for hydroxylation is 1. The number of carbonyl (C=O) groups excluding carboxylic acids is 2. The van der Waals surface area contributed by atoms with E-state index >= 15 is 0 Å². The van der Waals surface area contributed by atoms with Crippen LogP contribution in [0.5, 0.6) is 0 Å². The Morgan fingerprint density at radius 1 is 1.23 bits per heavy atom. The normalized spacial score (nSPS) is 18.2. The van der Waals surface area contributed by atoms with Crippen molar-refractivity contribution in [2.45, 2.75) is 52.3 Å². The number of aromatic nitrogens is 3. The zero-order valence-corrected chi connectivity index (χ0v) is 24.2. The molecule has 0 saturated carbocycles. The molecule has 1 fully saturated rings. The first-order chi connectivity index (χ1) is 19.0. The smallest absolute Gasteiger partial charge is 0.253 e. The Morgan fingerprint density at radius 3 is 2.77 bits per heavy atom. The molecule has 0 spiro atoms. The van der Waals surface area contributed by atoms with Gasteiger partial charge in [-0.2, -0.15) is 0 Å². The number of carbonyl (C=O) groups is 2. The van der Waals surface area contributed by atoms with Gasteiger partial charge >= 0.3 is 0 Å². The van der Waals surface area contributed by atoms with E-state index in [1.54, 1.807) is 36.8 Å². The van der Waals surface area contributed by atoms with E-state index in [0.29, 0.717) is 35.1 Å². The van der Waals surface area contributed by atoms with Crippen molar-refractivity contribution in [3.05, 3.63) is 65.2 Å². The van der Waals surface area contributed by atoms with E-state index in [2.05, 4.69) is 44.3 Å². The molecule has 1 aliphatic heterocycles. The first kappa shape index (κ1) is 28.0. The summed E-state index contributed by atoms with van der Waals surface area (Å²) in [6.07, 6.45) is 5.15. The highest BCUT2D eigenvalue weighted by molar-refractivity contribution is 6.33. The third-order valence-corrected chi connectivity index (χ3v) is 7.71. The number of amides is 2.